The molecule has 7 nitrogen and oxygen atoms in total. The molecule has 156 valence electrons. The van der Waals surface area contributed by atoms with Gasteiger partial charge in [0.25, 0.3) is 5.91 Å². The number of rotatable bonds is 6. The number of fused-ring (bicyclic) bond motifs is 1. The summed E-state index contributed by atoms with van der Waals surface area (Å²) in [6, 6.07) is 11.7. The zero-order valence-electron chi connectivity index (χ0n) is 16.8. The second-order valence-electron chi connectivity index (χ2n) is 7.26. The second kappa shape index (κ2) is 8.54. The quantitative estimate of drug-likeness (QED) is 0.653. The van der Waals surface area contributed by atoms with Crippen LogP contribution in [0.3, 0.4) is 0 Å². The number of aromatic nitrogens is 2. The molecule has 0 saturated heterocycles. The third kappa shape index (κ3) is 4.13. The Labute approximate surface area is 173 Å². The van der Waals surface area contributed by atoms with Gasteiger partial charge in [-0.1, -0.05) is 12.1 Å². The van der Waals surface area contributed by atoms with Crippen molar-refractivity contribution in [2.75, 3.05) is 33.9 Å². The third-order valence-electron chi connectivity index (χ3n) is 5.03. The van der Waals surface area contributed by atoms with Crippen LogP contribution in [0, 0.1) is 5.82 Å². The van der Waals surface area contributed by atoms with Crippen LogP contribution in [0.15, 0.2) is 48.7 Å². The van der Waals surface area contributed by atoms with Crippen molar-refractivity contribution < 1.29 is 18.7 Å². The molecule has 0 spiro atoms. The summed E-state index contributed by atoms with van der Waals surface area (Å²) in [7, 11) is 3.78. The number of likely N-dealkylation sites (N-methyl/N-ethyl adjacent to an activating group) is 1. The maximum atomic E-state index is 13.6. The number of carbonyl (C=O) groups excluding carboxylic acids is 1. The van der Waals surface area contributed by atoms with E-state index in [-0.39, 0.29) is 17.8 Å². The average Bonchev–Trinajstić information content (AvgIpc) is 3.23. The summed E-state index contributed by atoms with van der Waals surface area (Å²) in [5.41, 5.74) is 2.58. The summed E-state index contributed by atoms with van der Waals surface area (Å²) in [5, 5.41) is 9.88. The van der Waals surface area contributed by atoms with Crippen molar-refractivity contribution in [1.82, 2.24) is 20.4 Å². The van der Waals surface area contributed by atoms with Crippen LogP contribution in [0.25, 0.3) is 11.3 Å². The molecule has 4 rings (SSSR count). The molecule has 1 aliphatic heterocycles. The molecule has 1 aliphatic rings. The number of carbonyl (C=O) groups is 1. The monoisotopic (exact) mass is 410 g/mol. The molecule has 1 unspecified atom stereocenters. The van der Waals surface area contributed by atoms with E-state index in [4.69, 9.17) is 9.47 Å². The zero-order chi connectivity index (χ0) is 21.1. The molecule has 1 aromatic heterocycles. The standard InChI is InChI=1S/C22H23FN4O3/c1-27(2)18(14-4-3-5-16(23)10-14)13-24-22(28)17-12-25-26-21(17)15-6-7-19-20(11-15)30-9-8-29-19/h3-7,10-12,18H,8-9,13H2,1-2H3,(H,24,28)(H,25,26). The number of hydrogen-bond donors (Lipinski definition) is 2. The molecule has 0 bridgehead atoms. The lowest BCUT2D eigenvalue weighted by Crippen LogP contribution is -2.34. The Morgan fingerprint density at radius 3 is 2.77 bits per heavy atom. The van der Waals surface area contributed by atoms with Crippen LogP contribution in [0.4, 0.5) is 4.39 Å². The van der Waals surface area contributed by atoms with Crippen LogP contribution in [-0.2, 0) is 0 Å². The first-order valence-electron chi connectivity index (χ1n) is 9.66. The number of halogens is 1. The SMILES string of the molecule is CN(C)C(CNC(=O)c1cn[nH]c1-c1ccc2c(c1)OCCO2)c1cccc(F)c1. The van der Waals surface area contributed by atoms with Gasteiger partial charge in [0.1, 0.15) is 19.0 Å². The Balaban J connectivity index is 1.52. The van der Waals surface area contributed by atoms with E-state index in [1.54, 1.807) is 6.07 Å². The van der Waals surface area contributed by atoms with E-state index in [0.29, 0.717) is 42.5 Å². The zero-order valence-corrected chi connectivity index (χ0v) is 16.8. The Kier molecular flexibility index (Phi) is 5.67. The highest BCUT2D eigenvalue weighted by atomic mass is 19.1. The van der Waals surface area contributed by atoms with Crippen LogP contribution in [-0.4, -0.2) is 54.9 Å². The number of amides is 1. The highest BCUT2D eigenvalue weighted by Crippen LogP contribution is 2.34. The Hall–Kier alpha value is -3.39. The van der Waals surface area contributed by atoms with Crippen LogP contribution in [0.5, 0.6) is 11.5 Å². The van der Waals surface area contributed by atoms with E-state index in [2.05, 4.69) is 15.5 Å². The number of benzene rings is 2. The van der Waals surface area contributed by atoms with Gasteiger partial charge >= 0.3 is 0 Å². The first kappa shape index (κ1) is 19.9. The predicted molar refractivity (Wildman–Crippen MR) is 110 cm³/mol. The molecule has 30 heavy (non-hydrogen) atoms. The molecule has 0 fully saturated rings. The second-order valence-corrected chi connectivity index (χ2v) is 7.26. The first-order valence-corrected chi connectivity index (χ1v) is 9.66. The Bertz CT molecular complexity index is 1050. The van der Waals surface area contributed by atoms with Gasteiger partial charge in [0.15, 0.2) is 11.5 Å². The number of nitrogens with zero attached hydrogens (tertiary/aromatic N) is 2. The van der Waals surface area contributed by atoms with Crippen molar-refractivity contribution in [2.24, 2.45) is 0 Å². The Morgan fingerprint density at radius 1 is 1.20 bits per heavy atom. The fourth-order valence-electron chi connectivity index (χ4n) is 3.47. The van der Waals surface area contributed by atoms with E-state index in [1.807, 2.05) is 43.3 Å². The summed E-state index contributed by atoms with van der Waals surface area (Å²) in [6.45, 7) is 1.32. The van der Waals surface area contributed by atoms with Gasteiger partial charge in [0.2, 0.25) is 0 Å². The number of H-pyrrole nitrogens is 1. The van der Waals surface area contributed by atoms with Crippen LogP contribution < -0.4 is 14.8 Å². The lowest BCUT2D eigenvalue weighted by molar-refractivity contribution is 0.0942. The largest absolute Gasteiger partial charge is 0.486 e. The van der Waals surface area contributed by atoms with Gasteiger partial charge in [-0.05, 0) is 50.0 Å². The normalized spacial score (nSPS) is 13.9. The van der Waals surface area contributed by atoms with Gasteiger partial charge in [0.05, 0.1) is 23.5 Å². The summed E-state index contributed by atoms with van der Waals surface area (Å²) < 4.78 is 24.8. The molecule has 0 aliphatic carbocycles. The lowest BCUT2D eigenvalue weighted by Gasteiger charge is -2.25. The van der Waals surface area contributed by atoms with Gasteiger partial charge in [-0.25, -0.2) is 4.39 Å². The fraction of sp³-hybridized carbons (Fsp3) is 0.273. The van der Waals surface area contributed by atoms with Crippen molar-refractivity contribution in [3.8, 4) is 22.8 Å². The minimum absolute atomic E-state index is 0.172. The van der Waals surface area contributed by atoms with E-state index >= 15 is 0 Å². The molecule has 2 aromatic carbocycles. The third-order valence-corrected chi connectivity index (χ3v) is 5.03. The highest BCUT2D eigenvalue weighted by Gasteiger charge is 2.21. The summed E-state index contributed by atoms with van der Waals surface area (Å²) >= 11 is 0. The minimum atomic E-state index is -0.304. The minimum Gasteiger partial charge on any atom is -0.486 e. The highest BCUT2D eigenvalue weighted by molar-refractivity contribution is 5.99. The molecule has 2 heterocycles. The average molecular weight is 410 g/mol. The van der Waals surface area contributed by atoms with Gasteiger partial charge in [0, 0.05) is 12.1 Å². The summed E-state index contributed by atoms with van der Waals surface area (Å²) in [6.07, 6.45) is 1.49. The topological polar surface area (TPSA) is 79.5 Å². The van der Waals surface area contributed by atoms with Crippen LogP contribution in [0.2, 0.25) is 0 Å². The fourth-order valence-corrected chi connectivity index (χ4v) is 3.47. The Morgan fingerprint density at radius 2 is 2.00 bits per heavy atom. The lowest BCUT2D eigenvalue weighted by atomic mass is 10.0. The predicted octanol–water partition coefficient (Wildman–Crippen LogP) is 3.02. The van der Waals surface area contributed by atoms with Crippen LogP contribution in [0.1, 0.15) is 22.0 Å². The van der Waals surface area contributed by atoms with E-state index in [1.165, 1.54) is 18.3 Å². The molecule has 0 radical (unpaired) electrons. The molecule has 1 amide bonds. The van der Waals surface area contributed by atoms with Crippen molar-refractivity contribution in [3.63, 3.8) is 0 Å². The molecule has 0 saturated carbocycles. The van der Waals surface area contributed by atoms with Gasteiger partial charge in [-0.3, -0.25) is 9.89 Å². The molecular formula is C22H23FN4O3. The van der Waals surface area contributed by atoms with Gasteiger partial charge in [-0.15, -0.1) is 0 Å². The van der Waals surface area contributed by atoms with Crippen molar-refractivity contribution in [3.05, 3.63) is 65.6 Å². The van der Waals surface area contributed by atoms with E-state index < -0.39 is 0 Å². The van der Waals surface area contributed by atoms with Crippen molar-refractivity contribution >= 4 is 5.91 Å². The van der Waals surface area contributed by atoms with Crippen molar-refractivity contribution in [1.29, 1.82) is 0 Å². The van der Waals surface area contributed by atoms with E-state index in [0.717, 1.165) is 11.1 Å². The maximum Gasteiger partial charge on any atom is 0.255 e. The number of aromatic amines is 1. The molecule has 3 aromatic rings. The molecule has 8 heteroatoms. The smallest absolute Gasteiger partial charge is 0.255 e. The maximum absolute atomic E-state index is 13.6. The number of hydrogen-bond acceptors (Lipinski definition) is 5. The number of ether oxygens (including phenoxy) is 2. The summed E-state index contributed by atoms with van der Waals surface area (Å²) in [5.74, 6) is 0.746. The first-order chi connectivity index (χ1) is 14.5. The molecular weight excluding hydrogens is 387 g/mol. The van der Waals surface area contributed by atoms with Crippen molar-refractivity contribution in [2.45, 2.75) is 6.04 Å². The molecule has 2 N–H and O–H groups in total. The van der Waals surface area contributed by atoms with E-state index in [9.17, 15) is 9.18 Å². The van der Waals surface area contributed by atoms with Gasteiger partial charge in [-0.2, -0.15) is 5.10 Å². The summed E-state index contributed by atoms with van der Waals surface area (Å²) in [4.78, 5) is 14.8. The number of nitrogens with one attached hydrogen (secondary N) is 2. The van der Waals surface area contributed by atoms with Gasteiger partial charge < -0.3 is 19.7 Å². The van der Waals surface area contributed by atoms with Crippen LogP contribution >= 0.6 is 0 Å². The molecule has 1 atom stereocenters.